The monoisotopic (exact) mass is 390 g/mol. The highest BCUT2D eigenvalue weighted by Gasteiger charge is 2.32. The normalized spacial score (nSPS) is 16.5. The maximum absolute atomic E-state index is 13.0. The molecule has 0 spiro atoms. The highest BCUT2D eigenvalue weighted by atomic mass is 16.2. The van der Waals surface area contributed by atoms with Crippen molar-refractivity contribution in [2.45, 2.75) is 64.5 Å². The van der Waals surface area contributed by atoms with Gasteiger partial charge in [0, 0.05) is 31.2 Å². The highest BCUT2D eigenvalue weighted by Crippen LogP contribution is 2.30. The zero-order valence-corrected chi connectivity index (χ0v) is 17.4. The second-order valence-corrected chi connectivity index (χ2v) is 8.64. The van der Waals surface area contributed by atoms with Gasteiger partial charge in [-0.25, -0.2) is 0 Å². The number of carbonyl (C=O) groups is 2. The Bertz CT molecular complexity index is 867. The van der Waals surface area contributed by atoms with E-state index >= 15 is 0 Å². The zero-order valence-electron chi connectivity index (χ0n) is 17.4. The molecule has 4 rings (SSSR count). The molecule has 1 heterocycles. The van der Waals surface area contributed by atoms with Crippen molar-refractivity contribution in [3.05, 3.63) is 65.2 Å². The van der Waals surface area contributed by atoms with Gasteiger partial charge in [-0.1, -0.05) is 50.2 Å². The van der Waals surface area contributed by atoms with Gasteiger partial charge in [-0.3, -0.25) is 9.59 Å². The molecule has 0 unspecified atom stereocenters. The summed E-state index contributed by atoms with van der Waals surface area (Å²) in [5, 5.41) is 0. The minimum atomic E-state index is 0.186. The Morgan fingerprint density at radius 3 is 2.24 bits per heavy atom. The van der Waals surface area contributed by atoms with E-state index in [1.165, 1.54) is 11.1 Å². The van der Waals surface area contributed by atoms with Gasteiger partial charge in [0.05, 0.1) is 6.42 Å². The van der Waals surface area contributed by atoms with E-state index in [-0.39, 0.29) is 11.8 Å². The number of carbonyl (C=O) groups excluding carboxylic acids is 2. The van der Waals surface area contributed by atoms with Crippen LogP contribution < -0.4 is 4.90 Å². The molecule has 0 bridgehead atoms. The van der Waals surface area contributed by atoms with Crippen molar-refractivity contribution in [1.29, 1.82) is 0 Å². The van der Waals surface area contributed by atoms with Crippen molar-refractivity contribution in [2.75, 3.05) is 11.4 Å². The summed E-state index contributed by atoms with van der Waals surface area (Å²) in [5.41, 5.74) is 4.46. The van der Waals surface area contributed by atoms with E-state index in [4.69, 9.17) is 0 Å². The molecule has 2 amide bonds. The third-order valence-corrected chi connectivity index (χ3v) is 5.98. The summed E-state index contributed by atoms with van der Waals surface area (Å²) in [4.78, 5) is 28.8. The third-order valence-electron chi connectivity index (χ3n) is 5.98. The second kappa shape index (κ2) is 8.40. The molecule has 0 N–H and O–H groups in total. The first kappa shape index (κ1) is 19.7. The van der Waals surface area contributed by atoms with Crippen molar-refractivity contribution in [3.63, 3.8) is 0 Å². The van der Waals surface area contributed by atoms with Gasteiger partial charge < -0.3 is 9.80 Å². The molecule has 4 heteroatoms. The predicted octanol–water partition coefficient (Wildman–Crippen LogP) is 4.67. The standard InChI is InChI=1S/C25H30N2O2/c1-18(2)21-9-5-20(6-10-21)17-27(23-13-14-23)25(29)16-19-7-11-22(12-8-19)26-15-3-4-24(26)28/h5-12,18,23H,3-4,13-17H2,1-2H3. The van der Waals surface area contributed by atoms with Crippen LogP contribution >= 0.6 is 0 Å². The van der Waals surface area contributed by atoms with E-state index in [0.29, 0.717) is 31.3 Å². The van der Waals surface area contributed by atoms with Crippen LogP contribution in [0.15, 0.2) is 48.5 Å². The zero-order chi connectivity index (χ0) is 20.4. The summed E-state index contributed by atoms with van der Waals surface area (Å²) in [7, 11) is 0. The van der Waals surface area contributed by atoms with E-state index in [1.807, 2.05) is 34.1 Å². The molecular weight excluding hydrogens is 360 g/mol. The van der Waals surface area contributed by atoms with Crippen LogP contribution in [-0.2, 0) is 22.6 Å². The molecule has 1 aliphatic carbocycles. The van der Waals surface area contributed by atoms with Gasteiger partial charge >= 0.3 is 0 Å². The fraction of sp³-hybridized carbons (Fsp3) is 0.440. The van der Waals surface area contributed by atoms with E-state index < -0.39 is 0 Å². The van der Waals surface area contributed by atoms with Crippen LogP contribution in [0.1, 0.15) is 62.1 Å². The van der Waals surface area contributed by atoms with E-state index in [9.17, 15) is 9.59 Å². The van der Waals surface area contributed by atoms with Crippen LogP contribution in [-0.4, -0.2) is 29.3 Å². The molecule has 2 aromatic carbocycles. The molecule has 29 heavy (non-hydrogen) atoms. The molecule has 0 radical (unpaired) electrons. The third kappa shape index (κ3) is 4.69. The number of rotatable bonds is 7. The molecule has 2 aromatic rings. The summed E-state index contributed by atoms with van der Waals surface area (Å²) in [6.45, 7) is 5.87. The Balaban J connectivity index is 1.40. The van der Waals surface area contributed by atoms with Gasteiger partial charge in [-0.2, -0.15) is 0 Å². The predicted molar refractivity (Wildman–Crippen MR) is 116 cm³/mol. The number of benzene rings is 2. The molecule has 0 atom stereocenters. The van der Waals surface area contributed by atoms with Crippen molar-refractivity contribution in [3.8, 4) is 0 Å². The van der Waals surface area contributed by atoms with E-state index in [0.717, 1.165) is 37.1 Å². The molecule has 4 nitrogen and oxygen atoms in total. The number of amides is 2. The molecule has 1 saturated carbocycles. The summed E-state index contributed by atoms with van der Waals surface area (Å²) in [6.07, 6.45) is 4.18. The first-order chi connectivity index (χ1) is 14.0. The Kier molecular flexibility index (Phi) is 5.70. The van der Waals surface area contributed by atoms with Gasteiger partial charge in [-0.15, -0.1) is 0 Å². The molecule has 0 aromatic heterocycles. The summed E-state index contributed by atoms with van der Waals surface area (Å²) < 4.78 is 0. The van der Waals surface area contributed by atoms with Gasteiger partial charge in [0.2, 0.25) is 11.8 Å². The van der Waals surface area contributed by atoms with Crippen molar-refractivity contribution in [1.82, 2.24) is 4.90 Å². The molecular formula is C25H30N2O2. The van der Waals surface area contributed by atoms with Crippen LogP contribution in [0.4, 0.5) is 5.69 Å². The van der Waals surface area contributed by atoms with E-state index in [1.54, 1.807) is 0 Å². The van der Waals surface area contributed by atoms with Crippen molar-refractivity contribution in [2.24, 2.45) is 0 Å². The largest absolute Gasteiger partial charge is 0.335 e. The van der Waals surface area contributed by atoms with Crippen LogP contribution in [0.5, 0.6) is 0 Å². The molecule has 2 aliphatic rings. The molecule has 1 saturated heterocycles. The molecule has 1 aliphatic heterocycles. The van der Waals surface area contributed by atoms with Crippen LogP contribution in [0.25, 0.3) is 0 Å². The Morgan fingerprint density at radius 1 is 1.03 bits per heavy atom. The lowest BCUT2D eigenvalue weighted by Crippen LogP contribution is -2.33. The summed E-state index contributed by atoms with van der Waals surface area (Å²) in [6, 6.07) is 17.0. The van der Waals surface area contributed by atoms with Gasteiger partial charge in [0.1, 0.15) is 0 Å². The van der Waals surface area contributed by atoms with Gasteiger partial charge in [-0.05, 0) is 54.0 Å². The quantitative estimate of drug-likeness (QED) is 0.689. The van der Waals surface area contributed by atoms with Crippen molar-refractivity contribution >= 4 is 17.5 Å². The number of hydrogen-bond donors (Lipinski definition) is 0. The number of anilines is 1. The average Bonchev–Trinajstić information content (AvgIpc) is 3.47. The summed E-state index contributed by atoms with van der Waals surface area (Å²) in [5.74, 6) is 0.895. The molecule has 152 valence electrons. The van der Waals surface area contributed by atoms with Crippen LogP contribution in [0.2, 0.25) is 0 Å². The first-order valence-electron chi connectivity index (χ1n) is 10.8. The van der Waals surface area contributed by atoms with Crippen LogP contribution in [0.3, 0.4) is 0 Å². The maximum atomic E-state index is 13.0. The minimum Gasteiger partial charge on any atom is -0.335 e. The second-order valence-electron chi connectivity index (χ2n) is 8.64. The Labute approximate surface area is 173 Å². The average molecular weight is 391 g/mol. The lowest BCUT2D eigenvalue weighted by molar-refractivity contribution is -0.131. The lowest BCUT2D eigenvalue weighted by Gasteiger charge is -2.23. The maximum Gasteiger partial charge on any atom is 0.227 e. The number of nitrogens with zero attached hydrogens (tertiary/aromatic N) is 2. The van der Waals surface area contributed by atoms with Gasteiger partial charge in [0.25, 0.3) is 0 Å². The topological polar surface area (TPSA) is 40.6 Å². The highest BCUT2D eigenvalue weighted by molar-refractivity contribution is 5.95. The fourth-order valence-electron chi connectivity index (χ4n) is 4.00. The van der Waals surface area contributed by atoms with E-state index in [2.05, 4.69) is 38.1 Å². The van der Waals surface area contributed by atoms with Gasteiger partial charge in [0.15, 0.2) is 0 Å². The SMILES string of the molecule is CC(C)c1ccc(CN(C(=O)Cc2ccc(N3CCCC3=O)cc2)C2CC2)cc1. The Hall–Kier alpha value is -2.62. The lowest BCUT2D eigenvalue weighted by atomic mass is 10.0. The summed E-state index contributed by atoms with van der Waals surface area (Å²) >= 11 is 0. The minimum absolute atomic E-state index is 0.186. The molecule has 2 fully saturated rings. The first-order valence-corrected chi connectivity index (χ1v) is 10.8. The smallest absolute Gasteiger partial charge is 0.227 e. The van der Waals surface area contributed by atoms with Crippen molar-refractivity contribution < 1.29 is 9.59 Å². The Morgan fingerprint density at radius 2 is 1.69 bits per heavy atom. The fourth-order valence-corrected chi connectivity index (χ4v) is 4.00. The van der Waals surface area contributed by atoms with Crippen LogP contribution in [0, 0.1) is 0 Å². The number of hydrogen-bond acceptors (Lipinski definition) is 2.